The van der Waals surface area contributed by atoms with E-state index in [1.165, 1.54) is 30.3 Å². The highest BCUT2D eigenvalue weighted by Crippen LogP contribution is 2.29. The Kier molecular flexibility index (Phi) is 7.28. The number of nitro groups is 1. The third kappa shape index (κ3) is 6.77. The second-order valence-electron chi connectivity index (χ2n) is 7.01. The van der Waals surface area contributed by atoms with Crippen molar-refractivity contribution in [1.82, 2.24) is 9.97 Å². The van der Waals surface area contributed by atoms with Crippen molar-refractivity contribution >= 4 is 17.5 Å². The van der Waals surface area contributed by atoms with E-state index < -0.39 is 23.1 Å². The first-order valence-corrected chi connectivity index (χ1v) is 9.73. The van der Waals surface area contributed by atoms with Crippen molar-refractivity contribution in [2.45, 2.75) is 25.9 Å². The zero-order chi connectivity index (χ0) is 24.0. The SMILES string of the molecule is C[C@@H](CO)Nc1nc(NCc2ccccc2[N+](=O)[O-])cc(-c2cccc(OC(F)(F)F)c2)n1. The molecule has 0 spiro atoms. The molecule has 12 heteroatoms. The van der Waals surface area contributed by atoms with Gasteiger partial charge in [0.1, 0.15) is 11.6 Å². The summed E-state index contributed by atoms with van der Waals surface area (Å²) < 4.78 is 41.8. The Morgan fingerprint density at radius 1 is 1.15 bits per heavy atom. The van der Waals surface area contributed by atoms with E-state index in [4.69, 9.17) is 0 Å². The number of halogens is 3. The van der Waals surface area contributed by atoms with Gasteiger partial charge in [-0.15, -0.1) is 13.2 Å². The number of alkyl halides is 3. The summed E-state index contributed by atoms with van der Waals surface area (Å²) in [5, 5.41) is 26.4. The van der Waals surface area contributed by atoms with Crippen LogP contribution in [0.25, 0.3) is 11.3 Å². The van der Waals surface area contributed by atoms with E-state index in [0.29, 0.717) is 11.1 Å². The molecule has 2 aromatic carbocycles. The molecule has 0 aliphatic rings. The molecule has 174 valence electrons. The predicted octanol–water partition coefficient (Wildman–Crippen LogP) is 4.36. The van der Waals surface area contributed by atoms with Gasteiger partial charge in [-0.2, -0.15) is 4.98 Å². The Morgan fingerprint density at radius 2 is 1.91 bits per heavy atom. The molecule has 0 radical (unpaired) electrons. The fourth-order valence-corrected chi connectivity index (χ4v) is 2.89. The van der Waals surface area contributed by atoms with E-state index in [0.717, 1.165) is 0 Å². The number of ether oxygens (including phenoxy) is 1. The number of hydrogen-bond acceptors (Lipinski definition) is 8. The number of hydrogen-bond donors (Lipinski definition) is 3. The number of benzene rings is 2. The summed E-state index contributed by atoms with van der Waals surface area (Å²) in [5.41, 5.74) is 0.952. The number of nitro benzene ring substituents is 1. The van der Waals surface area contributed by atoms with Gasteiger partial charge >= 0.3 is 6.36 Å². The van der Waals surface area contributed by atoms with Crippen LogP contribution in [0.1, 0.15) is 12.5 Å². The van der Waals surface area contributed by atoms with E-state index in [1.807, 2.05) is 0 Å². The number of aromatic nitrogens is 2. The number of aliphatic hydroxyl groups is 1. The van der Waals surface area contributed by atoms with Crippen molar-refractivity contribution in [1.29, 1.82) is 0 Å². The van der Waals surface area contributed by atoms with Gasteiger partial charge in [0.2, 0.25) is 5.95 Å². The smallest absolute Gasteiger partial charge is 0.406 e. The van der Waals surface area contributed by atoms with Gasteiger partial charge in [-0.3, -0.25) is 10.1 Å². The molecular formula is C21H20F3N5O4. The van der Waals surface area contributed by atoms with E-state index in [2.05, 4.69) is 25.3 Å². The molecule has 3 rings (SSSR count). The molecule has 0 saturated carbocycles. The first-order valence-electron chi connectivity index (χ1n) is 9.73. The number of nitrogens with zero attached hydrogens (tertiary/aromatic N) is 3. The molecule has 33 heavy (non-hydrogen) atoms. The van der Waals surface area contributed by atoms with Gasteiger partial charge in [-0.25, -0.2) is 4.98 Å². The van der Waals surface area contributed by atoms with Gasteiger partial charge in [0, 0.05) is 35.8 Å². The van der Waals surface area contributed by atoms with E-state index >= 15 is 0 Å². The van der Waals surface area contributed by atoms with Gasteiger partial charge in [0.25, 0.3) is 5.69 Å². The number of rotatable bonds is 9. The molecule has 1 aromatic heterocycles. The van der Waals surface area contributed by atoms with Crippen molar-refractivity contribution in [3.05, 3.63) is 70.3 Å². The van der Waals surface area contributed by atoms with Gasteiger partial charge in [-0.05, 0) is 19.1 Å². The standard InChI is InChI=1S/C21H20F3N5O4/c1-13(12-30)26-20-27-17(14-6-4-7-16(9-14)33-21(22,23)24)10-19(28-20)25-11-15-5-2-3-8-18(15)29(31)32/h2-10,13,30H,11-12H2,1H3,(H2,25,26,27,28)/t13-/m0/s1. The van der Waals surface area contributed by atoms with E-state index in [9.17, 15) is 28.4 Å². The van der Waals surface area contributed by atoms with Crippen LogP contribution in [0, 0.1) is 10.1 Å². The van der Waals surface area contributed by atoms with Crippen LogP contribution in [-0.4, -0.2) is 39.0 Å². The summed E-state index contributed by atoms with van der Waals surface area (Å²) in [5.74, 6) is -0.0274. The largest absolute Gasteiger partial charge is 0.573 e. The summed E-state index contributed by atoms with van der Waals surface area (Å²) in [6.07, 6.45) is -4.84. The molecule has 0 amide bonds. The molecule has 0 unspecified atom stereocenters. The van der Waals surface area contributed by atoms with Crippen molar-refractivity contribution in [2.75, 3.05) is 17.2 Å². The van der Waals surface area contributed by atoms with E-state index in [1.54, 1.807) is 31.2 Å². The van der Waals surface area contributed by atoms with Crippen LogP contribution in [0.4, 0.5) is 30.6 Å². The van der Waals surface area contributed by atoms with Crippen LogP contribution in [-0.2, 0) is 6.54 Å². The average Bonchev–Trinajstić information content (AvgIpc) is 2.76. The molecule has 0 saturated heterocycles. The lowest BCUT2D eigenvalue weighted by atomic mass is 10.1. The average molecular weight is 463 g/mol. The van der Waals surface area contributed by atoms with Crippen LogP contribution in [0.5, 0.6) is 5.75 Å². The number of para-hydroxylation sites is 1. The molecular weight excluding hydrogens is 443 g/mol. The minimum Gasteiger partial charge on any atom is -0.406 e. The van der Waals surface area contributed by atoms with Gasteiger partial charge in [0.15, 0.2) is 0 Å². The lowest BCUT2D eigenvalue weighted by Crippen LogP contribution is -2.21. The van der Waals surface area contributed by atoms with Crippen LogP contribution in [0.3, 0.4) is 0 Å². The summed E-state index contributed by atoms with van der Waals surface area (Å²) in [4.78, 5) is 19.3. The topological polar surface area (TPSA) is 122 Å². The van der Waals surface area contributed by atoms with Crippen molar-refractivity contribution in [3.8, 4) is 17.0 Å². The third-order valence-electron chi connectivity index (χ3n) is 4.39. The van der Waals surface area contributed by atoms with Crippen LogP contribution >= 0.6 is 0 Å². The van der Waals surface area contributed by atoms with Gasteiger partial charge in [-0.1, -0.05) is 30.3 Å². The first kappa shape index (κ1) is 23.7. The summed E-state index contributed by atoms with van der Waals surface area (Å²) in [6, 6.07) is 12.6. The summed E-state index contributed by atoms with van der Waals surface area (Å²) >= 11 is 0. The van der Waals surface area contributed by atoms with Crippen LogP contribution in [0.2, 0.25) is 0 Å². The molecule has 3 N–H and O–H groups in total. The fourth-order valence-electron chi connectivity index (χ4n) is 2.89. The molecule has 0 aliphatic heterocycles. The Balaban J connectivity index is 1.93. The maximum atomic E-state index is 12.6. The number of anilines is 2. The lowest BCUT2D eigenvalue weighted by molar-refractivity contribution is -0.385. The molecule has 3 aromatic rings. The molecule has 0 fully saturated rings. The Bertz CT molecular complexity index is 1130. The Morgan fingerprint density at radius 3 is 2.61 bits per heavy atom. The van der Waals surface area contributed by atoms with Crippen molar-refractivity contribution in [3.63, 3.8) is 0 Å². The maximum absolute atomic E-state index is 12.6. The Labute approximate surface area is 186 Å². The second kappa shape index (κ2) is 10.1. The van der Waals surface area contributed by atoms with Crippen molar-refractivity contribution in [2.24, 2.45) is 0 Å². The number of aliphatic hydroxyl groups excluding tert-OH is 1. The molecule has 0 aliphatic carbocycles. The van der Waals surface area contributed by atoms with Gasteiger partial charge < -0.3 is 20.5 Å². The predicted molar refractivity (Wildman–Crippen MR) is 115 cm³/mol. The normalized spacial score (nSPS) is 12.2. The van der Waals surface area contributed by atoms with Crippen LogP contribution in [0.15, 0.2) is 54.6 Å². The second-order valence-corrected chi connectivity index (χ2v) is 7.01. The molecule has 0 bridgehead atoms. The third-order valence-corrected chi connectivity index (χ3v) is 4.39. The summed E-state index contributed by atoms with van der Waals surface area (Å²) in [6.45, 7) is 1.55. The highest BCUT2D eigenvalue weighted by molar-refractivity contribution is 5.66. The minimum absolute atomic E-state index is 0.0662. The van der Waals surface area contributed by atoms with E-state index in [-0.39, 0.29) is 36.3 Å². The summed E-state index contributed by atoms with van der Waals surface area (Å²) in [7, 11) is 0. The maximum Gasteiger partial charge on any atom is 0.573 e. The molecule has 9 nitrogen and oxygen atoms in total. The zero-order valence-electron chi connectivity index (χ0n) is 17.3. The lowest BCUT2D eigenvalue weighted by Gasteiger charge is -2.15. The molecule has 1 atom stereocenters. The first-order chi connectivity index (χ1) is 15.6. The van der Waals surface area contributed by atoms with Crippen LogP contribution < -0.4 is 15.4 Å². The van der Waals surface area contributed by atoms with Gasteiger partial charge in [0.05, 0.1) is 17.2 Å². The minimum atomic E-state index is -4.84. The highest BCUT2D eigenvalue weighted by atomic mass is 19.4. The fraction of sp³-hybridized carbons (Fsp3) is 0.238. The Hall–Kier alpha value is -3.93. The highest BCUT2D eigenvalue weighted by Gasteiger charge is 2.31. The number of nitrogens with one attached hydrogen (secondary N) is 2. The quantitative estimate of drug-likeness (QED) is 0.316. The van der Waals surface area contributed by atoms with Crippen molar-refractivity contribution < 1.29 is 27.9 Å². The zero-order valence-corrected chi connectivity index (χ0v) is 17.3. The monoisotopic (exact) mass is 463 g/mol. The molecule has 1 heterocycles.